The second kappa shape index (κ2) is 5.67. The van der Waals surface area contributed by atoms with Crippen LogP contribution < -0.4 is 10.4 Å². The van der Waals surface area contributed by atoms with Gasteiger partial charge in [0.05, 0.1) is 17.2 Å². The molecule has 2 rings (SSSR count). The molecule has 7 heteroatoms. The molecule has 22 heavy (non-hydrogen) atoms. The standard InChI is InChI=1S/C15H11F4NO2/c1-6-3-7(2)5-8(4-6)20-14-9(15(21)22)10(16)11(17)12(18)13(14)19/h3-5,20H,1-2H3,(H,21,22)/p-1. The minimum atomic E-state index is -2.21. The van der Waals surface area contributed by atoms with Gasteiger partial charge in [0.2, 0.25) is 0 Å². The molecule has 116 valence electrons. The number of nitrogens with one attached hydrogen (secondary N) is 1. The number of hydrogen-bond donors (Lipinski definition) is 1. The first-order valence-electron chi connectivity index (χ1n) is 6.15. The molecule has 0 unspecified atom stereocenters. The van der Waals surface area contributed by atoms with Crippen molar-refractivity contribution in [3.63, 3.8) is 0 Å². The summed E-state index contributed by atoms with van der Waals surface area (Å²) in [7, 11) is 0. The minimum absolute atomic E-state index is 0.198. The smallest absolute Gasteiger partial charge is 0.199 e. The Hall–Kier alpha value is -2.57. The maximum absolute atomic E-state index is 13.8. The largest absolute Gasteiger partial charge is 0.545 e. The van der Waals surface area contributed by atoms with Gasteiger partial charge >= 0.3 is 0 Å². The highest BCUT2D eigenvalue weighted by Crippen LogP contribution is 2.31. The summed E-state index contributed by atoms with van der Waals surface area (Å²) >= 11 is 0. The fraction of sp³-hybridized carbons (Fsp3) is 0.133. The van der Waals surface area contributed by atoms with Crippen LogP contribution in [0.2, 0.25) is 0 Å². The quantitative estimate of drug-likeness (QED) is 0.538. The Morgan fingerprint density at radius 2 is 1.41 bits per heavy atom. The van der Waals surface area contributed by atoms with Gasteiger partial charge in [-0.15, -0.1) is 0 Å². The van der Waals surface area contributed by atoms with Crippen LogP contribution >= 0.6 is 0 Å². The Labute approximate surface area is 123 Å². The Bertz CT molecular complexity index is 755. The molecule has 0 aliphatic heterocycles. The summed E-state index contributed by atoms with van der Waals surface area (Å²) in [5.41, 5.74) is -0.733. The van der Waals surface area contributed by atoms with Crippen LogP contribution in [-0.2, 0) is 0 Å². The van der Waals surface area contributed by atoms with Crippen LogP contribution in [0, 0.1) is 37.1 Å². The van der Waals surface area contributed by atoms with Crippen molar-refractivity contribution in [2.45, 2.75) is 13.8 Å². The van der Waals surface area contributed by atoms with E-state index in [4.69, 9.17) is 0 Å². The second-order valence-corrected chi connectivity index (χ2v) is 4.79. The zero-order chi connectivity index (χ0) is 16.6. The van der Waals surface area contributed by atoms with Crippen LogP contribution in [0.3, 0.4) is 0 Å². The van der Waals surface area contributed by atoms with Gasteiger partial charge in [-0.1, -0.05) is 6.07 Å². The van der Waals surface area contributed by atoms with Gasteiger partial charge in [-0.05, 0) is 37.1 Å². The molecule has 0 saturated heterocycles. The lowest BCUT2D eigenvalue weighted by molar-refractivity contribution is -0.255. The topological polar surface area (TPSA) is 52.2 Å². The van der Waals surface area contributed by atoms with E-state index < -0.39 is 40.5 Å². The highest BCUT2D eigenvalue weighted by molar-refractivity contribution is 5.94. The second-order valence-electron chi connectivity index (χ2n) is 4.79. The molecule has 3 nitrogen and oxygen atoms in total. The monoisotopic (exact) mass is 312 g/mol. The Morgan fingerprint density at radius 3 is 1.91 bits per heavy atom. The maximum Gasteiger partial charge on any atom is 0.199 e. The van der Waals surface area contributed by atoms with Crippen molar-refractivity contribution < 1.29 is 27.5 Å². The fourth-order valence-corrected chi connectivity index (χ4v) is 2.13. The van der Waals surface area contributed by atoms with Gasteiger partial charge in [-0.3, -0.25) is 0 Å². The molecule has 0 bridgehead atoms. The van der Waals surface area contributed by atoms with Gasteiger partial charge < -0.3 is 15.2 Å². The molecule has 0 atom stereocenters. The zero-order valence-corrected chi connectivity index (χ0v) is 11.6. The number of carbonyl (C=O) groups is 1. The summed E-state index contributed by atoms with van der Waals surface area (Å²) < 4.78 is 53.9. The van der Waals surface area contributed by atoms with E-state index >= 15 is 0 Å². The van der Waals surface area contributed by atoms with E-state index in [0.29, 0.717) is 0 Å². The summed E-state index contributed by atoms with van der Waals surface area (Å²) in [6.07, 6.45) is 0. The molecule has 0 aromatic heterocycles. The number of carboxylic acid groups (broad SMARTS) is 1. The van der Waals surface area contributed by atoms with Crippen molar-refractivity contribution in [3.05, 3.63) is 58.2 Å². The number of rotatable bonds is 3. The number of hydrogen-bond acceptors (Lipinski definition) is 3. The number of carboxylic acids is 1. The van der Waals surface area contributed by atoms with Crippen molar-refractivity contribution >= 4 is 17.3 Å². The molecule has 0 radical (unpaired) electrons. The third kappa shape index (κ3) is 2.74. The average Bonchev–Trinajstić information content (AvgIpc) is 2.41. The molecule has 0 spiro atoms. The van der Waals surface area contributed by atoms with Crippen LogP contribution in [-0.4, -0.2) is 5.97 Å². The lowest BCUT2D eigenvalue weighted by atomic mass is 10.1. The molecule has 0 aliphatic rings. The van der Waals surface area contributed by atoms with E-state index in [9.17, 15) is 27.5 Å². The number of carbonyl (C=O) groups excluding carboxylic acids is 1. The van der Waals surface area contributed by atoms with Gasteiger partial charge in [0.25, 0.3) is 0 Å². The highest BCUT2D eigenvalue weighted by Gasteiger charge is 2.26. The first-order valence-corrected chi connectivity index (χ1v) is 6.15. The van der Waals surface area contributed by atoms with Crippen molar-refractivity contribution in [3.8, 4) is 0 Å². The van der Waals surface area contributed by atoms with E-state index in [1.165, 1.54) is 12.1 Å². The van der Waals surface area contributed by atoms with Crippen LogP contribution in [0.1, 0.15) is 21.5 Å². The molecule has 2 aromatic carbocycles. The van der Waals surface area contributed by atoms with Crippen LogP contribution in [0.25, 0.3) is 0 Å². The molecule has 2 aromatic rings. The number of benzene rings is 2. The summed E-state index contributed by atoms with van der Waals surface area (Å²) in [5, 5.41) is 13.2. The van der Waals surface area contributed by atoms with Gasteiger partial charge in [0.15, 0.2) is 23.3 Å². The van der Waals surface area contributed by atoms with Crippen LogP contribution in [0.4, 0.5) is 28.9 Å². The zero-order valence-electron chi connectivity index (χ0n) is 11.6. The lowest BCUT2D eigenvalue weighted by Crippen LogP contribution is -2.26. The fourth-order valence-electron chi connectivity index (χ4n) is 2.13. The first kappa shape index (κ1) is 15.8. The van der Waals surface area contributed by atoms with E-state index in [2.05, 4.69) is 5.32 Å². The minimum Gasteiger partial charge on any atom is -0.545 e. The third-order valence-electron chi connectivity index (χ3n) is 2.96. The molecule has 0 fully saturated rings. The Morgan fingerprint density at radius 1 is 0.909 bits per heavy atom. The van der Waals surface area contributed by atoms with Gasteiger partial charge in [0, 0.05) is 5.69 Å². The van der Waals surface area contributed by atoms with E-state index in [0.717, 1.165) is 11.1 Å². The lowest BCUT2D eigenvalue weighted by Gasteiger charge is -2.16. The normalized spacial score (nSPS) is 10.6. The van der Waals surface area contributed by atoms with E-state index in [1.807, 2.05) is 0 Å². The molecular formula is C15H10F4NO2-. The third-order valence-corrected chi connectivity index (χ3v) is 2.96. The van der Waals surface area contributed by atoms with Crippen molar-refractivity contribution in [1.82, 2.24) is 0 Å². The van der Waals surface area contributed by atoms with Gasteiger partial charge in [-0.2, -0.15) is 0 Å². The maximum atomic E-state index is 13.8. The number of aromatic carboxylic acids is 1. The highest BCUT2D eigenvalue weighted by atomic mass is 19.2. The molecule has 0 amide bonds. The first-order chi connectivity index (χ1) is 10.2. The summed E-state index contributed by atoms with van der Waals surface area (Å²) in [6.45, 7) is 3.44. The number of anilines is 2. The van der Waals surface area contributed by atoms with E-state index in [-0.39, 0.29) is 5.69 Å². The average molecular weight is 312 g/mol. The molecule has 0 aliphatic carbocycles. The van der Waals surface area contributed by atoms with Gasteiger partial charge in [0.1, 0.15) is 0 Å². The Kier molecular flexibility index (Phi) is 4.07. The van der Waals surface area contributed by atoms with Crippen LogP contribution in [0.15, 0.2) is 18.2 Å². The SMILES string of the molecule is Cc1cc(C)cc(Nc2c(F)c(F)c(F)c(F)c2C(=O)[O-])c1. The number of halogens is 4. The molecule has 0 saturated carbocycles. The van der Waals surface area contributed by atoms with Crippen molar-refractivity contribution in [2.24, 2.45) is 0 Å². The predicted molar refractivity (Wildman–Crippen MR) is 69.8 cm³/mol. The molecule has 0 heterocycles. The van der Waals surface area contributed by atoms with Crippen molar-refractivity contribution in [1.29, 1.82) is 0 Å². The van der Waals surface area contributed by atoms with Crippen LogP contribution in [0.5, 0.6) is 0 Å². The molecular weight excluding hydrogens is 302 g/mol. The van der Waals surface area contributed by atoms with Crippen molar-refractivity contribution in [2.75, 3.05) is 5.32 Å². The van der Waals surface area contributed by atoms with E-state index in [1.54, 1.807) is 19.9 Å². The Balaban J connectivity index is 2.66. The summed E-state index contributed by atoms with van der Waals surface area (Å²) in [5.74, 6) is -10.3. The predicted octanol–water partition coefficient (Wildman–Crippen LogP) is 2.97. The summed E-state index contributed by atoms with van der Waals surface area (Å²) in [4.78, 5) is 10.9. The summed E-state index contributed by atoms with van der Waals surface area (Å²) in [6, 6.07) is 4.79. The molecule has 1 N–H and O–H groups in total. The number of aryl methyl sites for hydroxylation is 2. The van der Waals surface area contributed by atoms with Gasteiger partial charge in [-0.25, -0.2) is 17.6 Å².